The molecule has 0 aliphatic carbocycles. The summed E-state index contributed by atoms with van der Waals surface area (Å²) in [7, 11) is 0. The molecule has 3 rings (SSSR count). The Morgan fingerprint density at radius 2 is 2.00 bits per heavy atom. The Bertz CT molecular complexity index is 829. The second kappa shape index (κ2) is 8.84. The van der Waals surface area contributed by atoms with Crippen LogP contribution < -0.4 is 5.32 Å². The molecule has 1 N–H and O–H groups in total. The summed E-state index contributed by atoms with van der Waals surface area (Å²) in [6.45, 7) is 1.04. The van der Waals surface area contributed by atoms with Gasteiger partial charge in [0, 0.05) is 23.8 Å². The zero-order valence-corrected chi connectivity index (χ0v) is 15.8. The van der Waals surface area contributed by atoms with Gasteiger partial charge in [-0.3, -0.25) is 0 Å². The third-order valence-electron chi connectivity index (χ3n) is 4.48. The molecule has 0 aromatic heterocycles. The number of anilines is 1. The quantitative estimate of drug-likeness (QED) is 0.713. The number of nitrogens with one attached hydrogen (secondary N) is 1. The molecule has 2 aromatic carbocycles. The molecule has 1 saturated heterocycles. The summed E-state index contributed by atoms with van der Waals surface area (Å²) in [5.41, 5.74) is 0.361. The molecular formula is C20H20ClF3N2O2. The van der Waals surface area contributed by atoms with Gasteiger partial charge in [0.15, 0.2) is 0 Å². The van der Waals surface area contributed by atoms with Crippen LogP contribution in [0, 0.1) is 0 Å². The number of piperidine rings is 1. The SMILES string of the molecule is O=C(Nc1cccc(Cl)c1)N1CCCC(OCc2cccc(C(F)(F)F)c2)C1. The van der Waals surface area contributed by atoms with Crippen LogP contribution >= 0.6 is 11.6 Å². The van der Waals surface area contributed by atoms with Crippen molar-refractivity contribution in [1.82, 2.24) is 4.90 Å². The lowest BCUT2D eigenvalue weighted by molar-refractivity contribution is -0.137. The maximum atomic E-state index is 12.8. The van der Waals surface area contributed by atoms with Crippen LogP contribution in [0.15, 0.2) is 48.5 Å². The molecule has 1 aliphatic heterocycles. The monoisotopic (exact) mass is 412 g/mol. The van der Waals surface area contributed by atoms with Crippen LogP contribution in [-0.2, 0) is 17.5 Å². The molecule has 150 valence electrons. The minimum absolute atomic E-state index is 0.0678. The number of hydrogen-bond acceptors (Lipinski definition) is 2. The van der Waals surface area contributed by atoms with Crippen LogP contribution in [0.1, 0.15) is 24.0 Å². The number of ether oxygens (including phenoxy) is 1. The van der Waals surface area contributed by atoms with Crippen LogP contribution in [0.3, 0.4) is 0 Å². The lowest BCUT2D eigenvalue weighted by Gasteiger charge is -2.32. The molecule has 0 radical (unpaired) electrons. The first kappa shape index (κ1) is 20.5. The highest BCUT2D eigenvalue weighted by molar-refractivity contribution is 6.30. The molecule has 0 spiro atoms. The topological polar surface area (TPSA) is 41.6 Å². The van der Waals surface area contributed by atoms with Gasteiger partial charge >= 0.3 is 12.2 Å². The number of urea groups is 1. The number of carbonyl (C=O) groups excluding carboxylic acids is 1. The Labute approximate surface area is 166 Å². The largest absolute Gasteiger partial charge is 0.416 e. The van der Waals surface area contributed by atoms with E-state index in [-0.39, 0.29) is 18.7 Å². The first-order valence-corrected chi connectivity index (χ1v) is 9.28. The van der Waals surface area contributed by atoms with E-state index in [1.54, 1.807) is 35.2 Å². The number of nitrogens with zero attached hydrogens (tertiary/aromatic N) is 1. The number of likely N-dealkylation sites (tertiary alicyclic amines) is 1. The van der Waals surface area contributed by atoms with Gasteiger partial charge in [0.25, 0.3) is 0 Å². The molecule has 0 saturated carbocycles. The highest BCUT2D eigenvalue weighted by Gasteiger charge is 2.30. The summed E-state index contributed by atoms with van der Waals surface area (Å²) in [5, 5.41) is 3.32. The van der Waals surface area contributed by atoms with Crippen molar-refractivity contribution in [3.05, 3.63) is 64.7 Å². The number of amides is 2. The summed E-state index contributed by atoms with van der Waals surface area (Å²) in [5.74, 6) is 0. The van der Waals surface area contributed by atoms with Gasteiger partial charge in [0.1, 0.15) is 0 Å². The van der Waals surface area contributed by atoms with E-state index in [4.69, 9.17) is 16.3 Å². The summed E-state index contributed by atoms with van der Waals surface area (Å²) in [4.78, 5) is 14.1. The zero-order chi connectivity index (χ0) is 20.1. The van der Waals surface area contributed by atoms with E-state index in [0.717, 1.165) is 25.0 Å². The third kappa shape index (κ3) is 5.62. The highest BCUT2D eigenvalue weighted by Crippen LogP contribution is 2.30. The molecule has 2 aromatic rings. The Balaban J connectivity index is 1.54. The molecule has 4 nitrogen and oxygen atoms in total. The number of rotatable bonds is 4. The van der Waals surface area contributed by atoms with Crippen molar-refractivity contribution in [2.75, 3.05) is 18.4 Å². The van der Waals surface area contributed by atoms with Crippen molar-refractivity contribution in [3.8, 4) is 0 Å². The van der Waals surface area contributed by atoms with Gasteiger partial charge < -0.3 is 15.0 Å². The van der Waals surface area contributed by atoms with Gasteiger partial charge in [-0.25, -0.2) is 4.79 Å². The van der Waals surface area contributed by atoms with Crippen molar-refractivity contribution in [1.29, 1.82) is 0 Å². The number of halogens is 4. The standard InChI is InChI=1S/C20H20ClF3N2O2/c21-16-6-2-7-17(11-16)25-19(27)26-9-3-8-18(12-26)28-13-14-4-1-5-15(10-14)20(22,23)24/h1-2,4-7,10-11,18H,3,8-9,12-13H2,(H,25,27). The van der Waals surface area contributed by atoms with E-state index in [1.165, 1.54) is 6.07 Å². The van der Waals surface area contributed by atoms with Crippen LogP contribution in [0.4, 0.5) is 23.7 Å². The average molecular weight is 413 g/mol. The molecule has 1 unspecified atom stereocenters. The molecule has 1 aliphatic rings. The van der Waals surface area contributed by atoms with Crippen molar-refractivity contribution < 1.29 is 22.7 Å². The lowest BCUT2D eigenvalue weighted by atomic mass is 10.1. The fourth-order valence-electron chi connectivity index (χ4n) is 3.08. The second-order valence-electron chi connectivity index (χ2n) is 6.66. The minimum Gasteiger partial charge on any atom is -0.372 e. The van der Waals surface area contributed by atoms with Gasteiger partial charge in [-0.05, 0) is 48.7 Å². The molecule has 0 bridgehead atoms. The molecule has 28 heavy (non-hydrogen) atoms. The van der Waals surface area contributed by atoms with Crippen molar-refractivity contribution >= 4 is 23.3 Å². The van der Waals surface area contributed by atoms with Crippen LogP contribution in [0.2, 0.25) is 5.02 Å². The summed E-state index contributed by atoms with van der Waals surface area (Å²) in [6, 6.07) is 11.7. The predicted octanol–water partition coefficient (Wildman–Crippen LogP) is 5.57. The zero-order valence-electron chi connectivity index (χ0n) is 15.0. The molecule has 1 atom stereocenters. The lowest BCUT2D eigenvalue weighted by Crippen LogP contribution is -2.45. The molecule has 1 fully saturated rings. The second-order valence-corrected chi connectivity index (χ2v) is 7.10. The molecule has 2 amide bonds. The average Bonchev–Trinajstić information content (AvgIpc) is 2.66. The maximum Gasteiger partial charge on any atom is 0.416 e. The number of alkyl halides is 3. The first-order valence-electron chi connectivity index (χ1n) is 8.90. The summed E-state index contributed by atoms with van der Waals surface area (Å²) >= 11 is 5.92. The maximum absolute atomic E-state index is 12.8. The van der Waals surface area contributed by atoms with E-state index in [9.17, 15) is 18.0 Å². The number of carbonyl (C=O) groups is 1. The fourth-order valence-corrected chi connectivity index (χ4v) is 3.27. The number of hydrogen-bond donors (Lipinski definition) is 1. The van der Waals surface area contributed by atoms with E-state index in [2.05, 4.69) is 5.32 Å². The van der Waals surface area contributed by atoms with Gasteiger partial charge in [-0.1, -0.05) is 29.8 Å². The predicted molar refractivity (Wildman–Crippen MR) is 101 cm³/mol. The highest BCUT2D eigenvalue weighted by atomic mass is 35.5. The Morgan fingerprint density at radius 1 is 1.21 bits per heavy atom. The van der Waals surface area contributed by atoms with Gasteiger partial charge in [0.2, 0.25) is 0 Å². The van der Waals surface area contributed by atoms with E-state index < -0.39 is 11.7 Å². The first-order chi connectivity index (χ1) is 13.3. The van der Waals surface area contributed by atoms with Gasteiger partial charge in [-0.15, -0.1) is 0 Å². The van der Waals surface area contributed by atoms with Crippen LogP contribution in [0.5, 0.6) is 0 Å². The fraction of sp³-hybridized carbons (Fsp3) is 0.350. The van der Waals surface area contributed by atoms with E-state index in [0.29, 0.717) is 29.4 Å². The Morgan fingerprint density at radius 3 is 2.75 bits per heavy atom. The molecule has 1 heterocycles. The van der Waals surface area contributed by atoms with Crippen molar-refractivity contribution in [2.45, 2.75) is 31.7 Å². The molecular weight excluding hydrogens is 393 g/mol. The Hall–Kier alpha value is -2.25. The van der Waals surface area contributed by atoms with Crippen LogP contribution in [0.25, 0.3) is 0 Å². The normalized spacial score (nSPS) is 17.4. The Kier molecular flexibility index (Phi) is 6.46. The van der Waals surface area contributed by atoms with Gasteiger partial charge in [-0.2, -0.15) is 13.2 Å². The van der Waals surface area contributed by atoms with Gasteiger partial charge in [0.05, 0.1) is 18.3 Å². The van der Waals surface area contributed by atoms with E-state index >= 15 is 0 Å². The number of benzene rings is 2. The molecule has 8 heteroatoms. The van der Waals surface area contributed by atoms with Crippen molar-refractivity contribution in [2.24, 2.45) is 0 Å². The van der Waals surface area contributed by atoms with E-state index in [1.807, 2.05) is 0 Å². The van der Waals surface area contributed by atoms with Crippen molar-refractivity contribution in [3.63, 3.8) is 0 Å². The summed E-state index contributed by atoms with van der Waals surface area (Å²) < 4.78 is 44.2. The third-order valence-corrected chi connectivity index (χ3v) is 4.72. The minimum atomic E-state index is -4.38. The smallest absolute Gasteiger partial charge is 0.372 e. The van der Waals surface area contributed by atoms with Crippen LogP contribution in [-0.4, -0.2) is 30.1 Å². The summed E-state index contributed by atoms with van der Waals surface area (Å²) in [6.07, 6.45) is -3.10.